The molecule has 6 nitrogen and oxygen atoms in total. The number of para-hydroxylation sites is 1. The lowest BCUT2D eigenvalue weighted by molar-refractivity contribution is -0.174. The van der Waals surface area contributed by atoms with E-state index in [2.05, 4.69) is 10.3 Å². The van der Waals surface area contributed by atoms with Crippen molar-refractivity contribution in [1.29, 1.82) is 0 Å². The van der Waals surface area contributed by atoms with Gasteiger partial charge in [-0.1, -0.05) is 17.3 Å². The molecule has 0 aliphatic rings. The fourth-order valence-electron chi connectivity index (χ4n) is 1.56. The molecular formula is C11H9F3N4O2. The minimum atomic E-state index is -5.04. The van der Waals surface area contributed by atoms with E-state index >= 15 is 0 Å². The Balaban J connectivity index is 2.21. The van der Waals surface area contributed by atoms with E-state index in [0.29, 0.717) is 11.0 Å². The fraction of sp³-hybridized carbons (Fsp3) is 0.273. The molecule has 20 heavy (non-hydrogen) atoms. The van der Waals surface area contributed by atoms with Crippen LogP contribution in [0.3, 0.4) is 0 Å². The monoisotopic (exact) mass is 286 g/mol. The Bertz CT molecular complexity index is 665. The standard InChI is InChI=1S/C11H9F3N4O2/c1-6(15-10(20)11(12,13)14)9(19)18-8-5-3-2-4-7(8)16-17-18/h2-6H,1H3,(H,15,20)/t6-/m0/s1. The van der Waals surface area contributed by atoms with E-state index in [-0.39, 0.29) is 0 Å². The first-order valence-corrected chi connectivity index (χ1v) is 5.53. The minimum absolute atomic E-state index is 0.352. The topological polar surface area (TPSA) is 76.9 Å². The highest BCUT2D eigenvalue weighted by Crippen LogP contribution is 2.15. The molecule has 0 radical (unpaired) electrons. The van der Waals surface area contributed by atoms with Crippen LogP contribution in [0.4, 0.5) is 13.2 Å². The fourth-order valence-corrected chi connectivity index (χ4v) is 1.56. The maximum absolute atomic E-state index is 12.1. The molecule has 2 aromatic rings. The number of carbonyl (C=O) groups is 2. The number of hydrogen-bond acceptors (Lipinski definition) is 4. The minimum Gasteiger partial charge on any atom is -0.337 e. The first-order chi connectivity index (χ1) is 9.30. The quantitative estimate of drug-likeness (QED) is 0.898. The molecule has 0 saturated carbocycles. The molecule has 106 valence electrons. The highest BCUT2D eigenvalue weighted by atomic mass is 19.4. The summed E-state index contributed by atoms with van der Waals surface area (Å²) in [7, 11) is 0. The van der Waals surface area contributed by atoms with Gasteiger partial charge in [-0.3, -0.25) is 9.59 Å². The highest BCUT2D eigenvalue weighted by Gasteiger charge is 2.40. The molecule has 1 N–H and O–H groups in total. The Morgan fingerprint density at radius 2 is 1.95 bits per heavy atom. The first kappa shape index (κ1) is 14.0. The third-order valence-electron chi connectivity index (χ3n) is 2.54. The summed E-state index contributed by atoms with van der Waals surface area (Å²) in [6, 6.07) is 5.08. The van der Waals surface area contributed by atoms with E-state index in [1.807, 2.05) is 0 Å². The van der Waals surface area contributed by atoms with Crippen molar-refractivity contribution in [3.05, 3.63) is 24.3 Å². The molecule has 0 saturated heterocycles. The van der Waals surface area contributed by atoms with Gasteiger partial charge in [-0.2, -0.15) is 17.9 Å². The van der Waals surface area contributed by atoms with Gasteiger partial charge in [0.25, 0.3) is 5.91 Å². The molecule has 0 aliphatic heterocycles. The van der Waals surface area contributed by atoms with Crippen LogP contribution >= 0.6 is 0 Å². The summed E-state index contributed by atoms with van der Waals surface area (Å²) in [5.41, 5.74) is 0.779. The number of rotatable bonds is 2. The van der Waals surface area contributed by atoms with Gasteiger partial charge in [0.05, 0.1) is 5.52 Å². The normalized spacial score (nSPS) is 13.2. The molecule has 0 spiro atoms. The number of benzene rings is 1. The van der Waals surface area contributed by atoms with E-state index < -0.39 is 24.0 Å². The van der Waals surface area contributed by atoms with Crippen LogP contribution < -0.4 is 5.32 Å². The zero-order valence-electron chi connectivity index (χ0n) is 10.2. The maximum atomic E-state index is 12.1. The van der Waals surface area contributed by atoms with Crippen molar-refractivity contribution in [3.8, 4) is 0 Å². The summed E-state index contributed by atoms with van der Waals surface area (Å²) in [5, 5.41) is 8.85. The largest absolute Gasteiger partial charge is 0.471 e. The Morgan fingerprint density at radius 1 is 1.30 bits per heavy atom. The number of hydrogen-bond donors (Lipinski definition) is 1. The third kappa shape index (κ3) is 2.60. The summed E-state index contributed by atoms with van der Waals surface area (Å²) in [6.45, 7) is 1.14. The number of halogens is 3. The van der Waals surface area contributed by atoms with E-state index in [0.717, 1.165) is 11.6 Å². The summed E-state index contributed by atoms with van der Waals surface area (Å²) < 4.78 is 37.2. The van der Waals surface area contributed by atoms with Crippen molar-refractivity contribution in [2.45, 2.75) is 19.1 Å². The van der Waals surface area contributed by atoms with Crippen LogP contribution in [0, 0.1) is 0 Å². The zero-order valence-corrected chi connectivity index (χ0v) is 10.2. The highest BCUT2D eigenvalue weighted by molar-refractivity contribution is 5.94. The van der Waals surface area contributed by atoms with Crippen molar-refractivity contribution >= 4 is 22.8 Å². The lowest BCUT2D eigenvalue weighted by atomic mass is 10.3. The van der Waals surface area contributed by atoms with Gasteiger partial charge in [0, 0.05) is 0 Å². The number of nitrogens with one attached hydrogen (secondary N) is 1. The number of amides is 1. The van der Waals surface area contributed by atoms with Crippen LogP contribution in [-0.2, 0) is 4.79 Å². The Kier molecular flexibility index (Phi) is 3.43. The number of nitrogens with zero attached hydrogens (tertiary/aromatic N) is 3. The lowest BCUT2D eigenvalue weighted by Crippen LogP contribution is -2.46. The second-order valence-corrected chi connectivity index (χ2v) is 4.02. The van der Waals surface area contributed by atoms with Gasteiger partial charge in [0.15, 0.2) is 0 Å². The van der Waals surface area contributed by atoms with E-state index in [4.69, 9.17) is 0 Å². The van der Waals surface area contributed by atoms with Crippen LogP contribution in [0.5, 0.6) is 0 Å². The molecule has 1 atom stereocenters. The molecule has 0 aliphatic carbocycles. The third-order valence-corrected chi connectivity index (χ3v) is 2.54. The first-order valence-electron chi connectivity index (χ1n) is 5.53. The number of carbonyl (C=O) groups excluding carboxylic acids is 2. The lowest BCUT2D eigenvalue weighted by Gasteiger charge is -2.13. The molecular weight excluding hydrogens is 277 g/mol. The second-order valence-electron chi connectivity index (χ2n) is 4.02. The van der Waals surface area contributed by atoms with Crippen LogP contribution in [0.2, 0.25) is 0 Å². The van der Waals surface area contributed by atoms with Gasteiger partial charge in [-0.15, -0.1) is 5.10 Å². The number of aromatic nitrogens is 3. The molecule has 1 heterocycles. The van der Waals surface area contributed by atoms with Crippen molar-refractivity contribution < 1.29 is 22.8 Å². The molecule has 9 heteroatoms. The van der Waals surface area contributed by atoms with Gasteiger partial charge < -0.3 is 5.32 Å². The van der Waals surface area contributed by atoms with Crippen molar-refractivity contribution in [2.75, 3.05) is 0 Å². The molecule has 0 bridgehead atoms. The van der Waals surface area contributed by atoms with E-state index in [1.165, 1.54) is 0 Å². The maximum Gasteiger partial charge on any atom is 0.471 e. The summed E-state index contributed by atoms with van der Waals surface area (Å²) >= 11 is 0. The SMILES string of the molecule is C[C@H](NC(=O)C(F)(F)F)C(=O)n1nnc2ccccc21. The summed E-state index contributed by atoms with van der Waals surface area (Å²) in [4.78, 5) is 22.7. The van der Waals surface area contributed by atoms with Crippen LogP contribution in [-0.4, -0.2) is 39.0 Å². The van der Waals surface area contributed by atoms with Crippen molar-refractivity contribution in [3.63, 3.8) is 0 Å². The number of fused-ring (bicyclic) bond motifs is 1. The molecule has 0 fully saturated rings. The average Bonchev–Trinajstić information content (AvgIpc) is 2.80. The van der Waals surface area contributed by atoms with Crippen LogP contribution in [0.1, 0.15) is 11.7 Å². The van der Waals surface area contributed by atoms with Gasteiger partial charge in [0.2, 0.25) is 0 Å². The Labute approximate surface area is 110 Å². The zero-order chi connectivity index (χ0) is 14.9. The molecule has 1 aromatic heterocycles. The van der Waals surface area contributed by atoms with Crippen LogP contribution in [0.15, 0.2) is 24.3 Å². The second kappa shape index (κ2) is 4.91. The van der Waals surface area contributed by atoms with Crippen molar-refractivity contribution in [2.24, 2.45) is 0 Å². The predicted octanol–water partition coefficient (Wildman–Crippen LogP) is 1.14. The van der Waals surface area contributed by atoms with E-state index in [1.54, 1.807) is 29.6 Å². The Hall–Kier alpha value is -2.45. The summed E-state index contributed by atoms with van der Waals surface area (Å²) in [5.74, 6) is -2.99. The predicted molar refractivity (Wildman–Crippen MR) is 61.8 cm³/mol. The van der Waals surface area contributed by atoms with Crippen LogP contribution in [0.25, 0.3) is 11.0 Å². The van der Waals surface area contributed by atoms with E-state index in [9.17, 15) is 22.8 Å². The Morgan fingerprint density at radius 3 is 2.60 bits per heavy atom. The molecule has 1 aromatic carbocycles. The van der Waals surface area contributed by atoms with Gasteiger partial charge in [0.1, 0.15) is 11.6 Å². The van der Waals surface area contributed by atoms with Gasteiger partial charge in [-0.05, 0) is 19.1 Å². The van der Waals surface area contributed by atoms with Gasteiger partial charge >= 0.3 is 12.1 Å². The smallest absolute Gasteiger partial charge is 0.337 e. The van der Waals surface area contributed by atoms with Crippen molar-refractivity contribution in [1.82, 2.24) is 20.3 Å². The number of alkyl halides is 3. The molecule has 0 unspecified atom stereocenters. The molecule has 2 rings (SSSR count). The van der Waals surface area contributed by atoms with Gasteiger partial charge in [-0.25, -0.2) is 0 Å². The summed E-state index contributed by atoms with van der Waals surface area (Å²) in [6.07, 6.45) is -5.04. The average molecular weight is 286 g/mol. The molecule has 1 amide bonds.